The van der Waals surface area contributed by atoms with Crippen molar-refractivity contribution in [3.05, 3.63) is 34.6 Å². The second kappa shape index (κ2) is 3.83. The molecule has 0 saturated heterocycles. The highest BCUT2D eigenvalue weighted by Crippen LogP contribution is 2.16. The van der Waals surface area contributed by atoms with Crippen LogP contribution in [0, 0.1) is 0 Å². The molecule has 6 nitrogen and oxygen atoms in total. The Kier molecular flexibility index (Phi) is 2.29. The van der Waals surface area contributed by atoms with Crippen LogP contribution in [0.15, 0.2) is 18.3 Å². The van der Waals surface area contributed by atoms with E-state index in [0.29, 0.717) is 17.2 Å². The molecule has 92 valence electrons. The first-order valence-electron chi connectivity index (χ1n) is 5.81. The fraction of sp³-hybridized carbons (Fsp3) is 0.250. The van der Waals surface area contributed by atoms with Gasteiger partial charge in [-0.1, -0.05) is 0 Å². The minimum absolute atomic E-state index is 0.190. The molecule has 6 heteroatoms. The first kappa shape index (κ1) is 10.8. The lowest BCUT2D eigenvalue weighted by molar-refractivity contribution is 0.466. The van der Waals surface area contributed by atoms with Gasteiger partial charge in [-0.15, -0.1) is 10.2 Å². The molecule has 3 heterocycles. The molecule has 1 aliphatic rings. The molecule has 1 aliphatic heterocycles. The van der Waals surface area contributed by atoms with Crippen molar-refractivity contribution in [3.8, 4) is 0 Å². The van der Waals surface area contributed by atoms with Gasteiger partial charge in [0, 0.05) is 17.6 Å². The summed E-state index contributed by atoms with van der Waals surface area (Å²) in [6.07, 6.45) is 3.57. The molecule has 3 rings (SSSR count). The molecular weight excluding hydrogens is 228 g/mol. The first-order chi connectivity index (χ1) is 8.66. The molecule has 2 aromatic rings. The maximum absolute atomic E-state index is 6.15. The van der Waals surface area contributed by atoms with Crippen molar-refractivity contribution in [2.24, 2.45) is 5.73 Å². The highest BCUT2D eigenvalue weighted by molar-refractivity contribution is 5.72. The Morgan fingerprint density at radius 3 is 2.94 bits per heavy atom. The number of nitrogens with two attached hydrogens (primary N) is 1. The Bertz CT molecular complexity index is 712. The molecular formula is C12H14N6. The SMILES string of the molecule is CC(C)n1nc2c(n1)C(N)=c1ncccc1=CN2. The topological polar surface area (TPSA) is 81.7 Å². The number of rotatable bonds is 1. The fourth-order valence-corrected chi connectivity index (χ4v) is 1.85. The Morgan fingerprint density at radius 1 is 1.33 bits per heavy atom. The van der Waals surface area contributed by atoms with Crippen molar-refractivity contribution < 1.29 is 0 Å². The molecule has 0 saturated carbocycles. The van der Waals surface area contributed by atoms with Gasteiger partial charge < -0.3 is 11.1 Å². The van der Waals surface area contributed by atoms with Gasteiger partial charge >= 0.3 is 0 Å². The average molecular weight is 242 g/mol. The number of anilines is 1. The maximum Gasteiger partial charge on any atom is 0.182 e. The van der Waals surface area contributed by atoms with E-state index in [4.69, 9.17) is 5.73 Å². The molecule has 0 amide bonds. The van der Waals surface area contributed by atoms with Crippen molar-refractivity contribution in [1.82, 2.24) is 20.0 Å². The Labute approximate surface area is 104 Å². The van der Waals surface area contributed by atoms with E-state index in [1.165, 1.54) is 0 Å². The van der Waals surface area contributed by atoms with Crippen LogP contribution in [-0.4, -0.2) is 20.0 Å². The van der Waals surface area contributed by atoms with Gasteiger partial charge in [0.2, 0.25) is 0 Å². The van der Waals surface area contributed by atoms with Crippen LogP contribution < -0.4 is 21.6 Å². The summed E-state index contributed by atoms with van der Waals surface area (Å²) < 4.78 is 0. The van der Waals surface area contributed by atoms with E-state index in [1.807, 2.05) is 32.2 Å². The van der Waals surface area contributed by atoms with Crippen molar-refractivity contribution >= 4 is 17.7 Å². The largest absolute Gasteiger partial charge is 0.395 e. The highest BCUT2D eigenvalue weighted by atomic mass is 15.5. The minimum atomic E-state index is 0.190. The Morgan fingerprint density at radius 2 is 2.17 bits per heavy atom. The van der Waals surface area contributed by atoms with Gasteiger partial charge in [-0.2, -0.15) is 4.80 Å². The molecule has 3 N–H and O–H groups in total. The standard InChI is InChI=1S/C12H14N6/c1-7(2)18-16-11-9(13)10-8(4-3-5-14-10)6-15-12(11)17-18/h3-7H,13H2,1-2H3,(H,15,17). The smallest absolute Gasteiger partial charge is 0.182 e. The molecule has 0 aromatic carbocycles. The molecule has 0 spiro atoms. The molecule has 0 fully saturated rings. The van der Waals surface area contributed by atoms with Crippen LogP contribution in [0.25, 0.3) is 11.9 Å². The van der Waals surface area contributed by atoms with E-state index >= 15 is 0 Å². The third-order valence-corrected chi connectivity index (χ3v) is 2.80. The van der Waals surface area contributed by atoms with E-state index in [2.05, 4.69) is 20.5 Å². The molecule has 0 unspecified atom stereocenters. The van der Waals surface area contributed by atoms with E-state index in [-0.39, 0.29) is 6.04 Å². The number of hydrogen-bond donors (Lipinski definition) is 2. The lowest BCUT2D eigenvalue weighted by Crippen LogP contribution is -2.32. The second-order valence-corrected chi connectivity index (χ2v) is 4.45. The molecule has 18 heavy (non-hydrogen) atoms. The number of nitrogens with one attached hydrogen (secondary N) is 1. The first-order valence-corrected chi connectivity index (χ1v) is 5.81. The number of hydrogen-bond acceptors (Lipinski definition) is 5. The maximum atomic E-state index is 6.15. The second-order valence-electron chi connectivity index (χ2n) is 4.45. The third kappa shape index (κ3) is 1.54. The van der Waals surface area contributed by atoms with Crippen molar-refractivity contribution in [3.63, 3.8) is 0 Å². The molecule has 0 radical (unpaired) electrons. The Balaban J connectivity index is 2.30. The van der Waals surface area contributed by atoms with E-state index in [1.54, 1.807) is 11.0 Å². The molecule has 0 bridgehead atoms. The summed E-state index contributed by atoms with van der Waals surface area (Å²) >= 11 is 0. The van der Waals surface area contributed by atoms with Crippen LogP contribution in [0.4, 0.5) is 5.82 Å². The van der Waals surface area contributed by atoms with Crippen molar-refractivity contribution in [2.75, 3.05) is 5.32 Å². The zero-order valence-electron chi connectivity index (χ0n) is 10.3. The number of nitrogens with zero attached hydrogens (tertiary/aromatic N) is 4. The summed E-state index contributed by atoms with van der Waals surface area (Å²) in [4.78, 5) is 5.95. The summed E-state index contributed by atoms with van der Waals surface area (Å²) in [5.41, 5.74) is 7.35. The van der Waals surface area contributed by atoms with Crippen LogP contribution in [0.1, 0.15) is 25.6 Å². The predicted octanol–water partition coefficient (Wildman–Crippen LogP) is -0.467. The summed E-state index contributed by atoms with van der Waals surface area (Å²) in [6, 6.07) is 4.01. The monoisotopic (exact) mass is 242 g/mol. The molecule has 0 atom stereocenters. The van der Waals surface area contributed by atoms with Crippen molar-refractivity contribution in [1.29, 1.82) is 0 Å². The van der Waals surface area contributed by atoms with Gasteiger partial charge in [-0.05, 0) is 26.0 Å². The van der Waals surface area contributed by atoms with Gasteiger partial charge in [0.05, 0.1) is 17.1 Å². The van der Waals surface area contributed by atoms with Crippen LogP contribution >= 0.6 is 0 Å². The quantitative estimate of drug-likeness (QED) is 0.706. The lowest BCUT2D eigenvalue weighted by Gasteiger charge is -2.01. The van der Waals surface area contributed by atoms with Gasteiger partial charge in [0.25, 0.3) is 0 Å². The van der Waals surface area contributed by atoms with Crippen LogP contribution in [-0.2, 0) is 0 Å². The van der Waals surface area contributed by atoms with Gasteiger partial charge in [0.1, 0.15) is 0 Å². The number of aromatic nitrogens is 4. The number of fused-ring (bicyclic) bond motifs is 2. The zero-order valence-corrected chi connectivity index (χ0v) is 10.3. The van der Waals surface area contributed by atoms with Gasteiger partial charge in [-0.3, -0.25) is 4.98 Å². The fourth-order valence-electron chi connectivity index (χ4n) is 1.85. The van der Waals surface area contributed by atoms with E-state index in [9.17, 15) is 0 Å². The van der Waals surface area contributed by atoms with Gasteiger partial charge in [-0.25, -0.2) is 0 Å². The zero-order chi connectivity index (χ0) is 12.7. The van der Waals surface area contributed by atoms with Gasteiger partial charge in [0.15, 0.2) is 11.5 Å². The predicted molar refractivity (Wildman–Crippen MR) is 68.7 cm³/mol. The average Bonchev–Trinajstić information content (AvgIpc) is 2.75. The van der Waals surface area contributed by atoms with E-state index in [0.717, 1.165) is 10.6 Å². The number of pyridine rings is 1. The minimum Gasteiger partial charge on any atom is -0.395 e. The summed E-state index contributed by atoms with van der Waals surface area (Å²) in [5.74, 6) is 0.666. The third-order valence-electron chi connectivity index (χ3n) is 2.80. The summed E-state index contributed by atoms with van der Waals surface area (Å²) in [6.45, 7) is 4.04. The molecule has 2 aromatic heterocycles. The normalized spacial score (nSPS) is 13.4. The van der Waals surface area contributed by atoms with Crippen LogP contribution in [0.2, 0.25) is 0 Å². The van der Waals surface area contributed by atoms with Crippen LogP contribution in [0.5, 0.6) is 0 Å². The molecule has 0 aliphatic carbocycles. The van der Waals surface area contributed by atoms with E-state index < -0.39 is 0 Å². The highest BCUT2D eigenvalue weighted by Gasteiger charge is 2.17. The lowest BCUT2D eigenvalue weighted by atomic mass is 10.2. The Hall–Kier alpha value is -2.37. The summed E-state index contributed by atoms with van der Waals surface area (Å²) in [7, 11) is 0. The van der Waals surface area contributed by atoms with Crippen molar-refractivity contribution in [2.45, 2.75) is 19.9 Å². The van der Waals surface area contributed by atoms with Crippen LogP contribution in [0.3, 0.4) is 0 Å². The summed E-state index contributed by atoms with van der Waals surface area (Å²) in [5, 5.41) is 13.6.